The molecule has 52 heteroatoms. The van der Waals surface area contributed by atoms with E-state index in [9.17, 15) is 0 Å². The van der Waals surface area contributed by atoms with E-state index in [-0.39, 0.29) is 179 Å². The first-order valence-electron chi connectivity index (χ1n) is 31.1. The fourth-order valence-corrected chi connectivity index (χ4v) is 724. The fourth-order valence-electron chi connectivity index (χ4n) is 12.9. The van der Waals surface area contributed by atoms with Crippen LogP contribution >= 0.6 is 400 Å². The van der Waals surface area contributed by atoms with Gasteiger partial charge < -0.3 is 9.47 Å². The van der Waals surface area contributed by atoms with Crippen LogP contribution in [0.5, 0.6) is 0 Å². The molecule has 106 heavy (non-hydrogen) atoms. The van der Waals surface area contributed by atoms with Crippen molar-refractivity contribution in [1.29, 1.82) is 0 Å². The Morgan fingerprint density at radius 2 is 0.528 bits per heavy atom. The molecule has 0 amide bonds. The van der Waals surface area contributed by atoms with Gasteiger partial charge in [-0.05, 0) is 284 Å². The summed E-state index contributed by atoms with van der Waals surface area (Å²) in [5, 5.41) is 2.53. The van der Waals surface area contributed by atoms with Gasteiger partial charge in [-0.25, -0.2) is 0 Å². The molecule has 2 nitrogen and oxygen atoms in total. The Hall–Kier alpha value is 14.9. The summed E-state index contributed by atoms with van der Waals surface area (Å²) in [6, 6.07) is 67.5. The van der Waals surface area contributed by atoms with Gasteiger partial charge in [0.15, 0.2) is 0 Å². The monoisotopic (exact) mass is 2320 g/mol. The summed E-state index contributed by atoms with van der Waals surface area (Å²) in [6.07, 6.45) is 0. The van der Waals surface area contributed by atoms with Gasteiger partial charge in [-0.3, -0.25) is 0 Å². The largest absolute Gasteiger partial charge is 0.310 e. The van der Waals surface area contributed by atoms with E-state index < -0.39 is 0 Å². The Labute approximate surface area is 721 Å². The quantitative estimate of drug-likeness (QED) is 0.0444. The standard InChI is InChI=1S/C54H42N2.H52P50/c1-53(2)47-19-11-8-16-41(47)45-33-39(27-30-49(45)53)55(40-28-31-50-46(34-40)42-17-9-12-20-48(42)54(50,3)4)38-25-22-35(23-26-38)36-24-29-44-43-18-10-13-21-51(43)56(52(44)32-36)37-14-6-5-7-15-37;1-27(2)40(28(3)4)46(39(25)26)49(45(37(21)22)38(23)24)50(47(41(29(5)6)30(7)8)42(31(9)10)32(11)12)48(43(33(13)14)34(15)16)44(35(17)18)36(19)20/h5-34H,1-4H3;1-26H2. The smallest absolute Gasteiger partial charge is 0.0547 e. The number of hydrogen-bond donors (Lipinski definition) is 0. The van der Waals surface area contributed by atoms with Crippen molar-refractivity contribution < 1.29 is 0 Å². The lowest BCUT2D eigenvalue weighted by Crippen LogP contribution is -2.16. The number of anilines is 3. The van der Waals surface area contributed by atoms with Crippen molar-refractivity contribution in [3.63, 3.8) is 0 Å². The van der Waals surface area contributed by atoms with E-state index in [0.29, 0.717) is 0 Å². The van der Waals surface area contributed by atoms with Crippen LogP contribution in [0.3, 0.4) is 0 Å². The minimum atomic E-state index is -0.212. The van der Waals surface area contributed by atoms with Gasteiger partial charge in [0, 0.05) is 44.4 Å². The van der Waals surface area contributed by atoms with Crippen LogP contribution in [0.25, 0.3) is 60.9 Å². The second kappa shape index (κ2) is 47.5. The van der Waals surface area contributed by atoms with Gasteiger partial charge in [-0.2, -0.15) is 0 Å². The van der Waals surface area contributed by atoms with Crippen LogP contribution < -0.4 is 4.90 Å². The average Bonchev–Trinajstić information content (AvgIpc) is 1.46. The number of benzene rings is 8. The van der Waals surface area contributed by atoms with E-state index in [2.05, 4.69) is 451 Å². The van der Waals surface area contributed by atoms with Gasteiger partial charge in [0.2, 0.25) is 0 Å². The first-order valence-corrected chi connectivity index (χ1v) is 122. The van der Waals surface area contributed by atoms with E-state index >= 15 is 0 Å². The van der Waals surface area contributed by atoms with Crippen molar-refractivity contribution in [2.45, 2.75) is 38.5 Å². The van der Waals surface area contributed by atoms with E-state index in [4.69, 9.17) is 0 Å². The van der Waals surface area contributed by atoms with Crippen molar-refractivity contribution in [3.8, 4) is 39.1 Å². The van der Waals surface area contributed by atoms with Crippen molar-refractivity contribution >= 4 is 439 Å². The van der Waals surface area contributed by atoms with Gasteiger partial charge in [0.25, 0.3) is 0 Å². The maximum absolute atomic E-state index is 3.55. The van der Waals surface area contributed by atoms with Crippen LogP contribution in [-0.4, -0.2) is 4.57 Å². The molecule has 2 aliphatic rings. The molecule has 2 aliphatic carbocycles. The Bertz CT molecular complexity index is 4200. The van der Waals surface area contributed by atoms with Crippen molar-refractivity contribution in [2.75, 3.05) is 4.90 Å². The molecule has 0 fully saturated rings. The summed E-state index contributed by atoms with van der Waals surface area (Å²) < 4.78 is 2.39. The molecule has 0 spiro atoms. The summed E-state index contributed by atoms with van der Waals surface area (Å²) in [4.78, 5) is 2.45. The molecule has 28 atom stereocenters. The van der Waals surface area contributed by atoms with E-state index in [1.165, 1.54) is 83.1 Å². The van der Waals surface area contributed by atoms with Crippen LogP contribution in [0.4, 0.5) is 17.1 Å². The molecule has 570 valence electrons. The van der Waals surface area contributed by atoms with Gasteiger partial charge in [0.1, 0.15) is 0 Å². The Morgan fingerprint density at radius 1 is 0.236 bits per heavy atom. The van der Waals surface area contributed by atoms with Gasteiger partial charge in [-0.15, -0.1) is 232 Å². The molecular weight excluding hydrogens is 2230 g/mol. The molecule has 1 heterocycles. The number of rotatable bonds is 28. The van der Waals surface area contributed by atoms with E-state index in [0.717, 1.165) is 17.1 Å². The second-order valence-corrected chi connectivity index (χ2v) is 230. The number of hydrogen-bond acceptors (Lipinski definition) is 1. The summed E-state index contributed by atoms with van der Waals surface area (Å²) in [5.41, 5.74) is 20.2. The first-order chi connectivity index (χ1) is 50.0. The maximum atomic E-state index is 3.55. The Balaban J connectivity index is 0.000000229. The fraction of sp³-hybridized carbons (Fsp3) is 0.111. The molecule has 8 aromatic carbocycles. The topological polar surface area (TPSA) is 8.17 Å². The van der Waals surface area contributed by atoms with E-state index in [1.807, 2.05) is 0 Å². The second-order valence-electron chi connectivity index (χ2n) is 24.5. The molecule has 0 saturated carbocycles. The lowest BCUT2D eigenvalue weighted by Gasteiger charge is -2.58. The first kappa shape index (κ1) is 103. The van der Waals surface area contributed by atoms with Gasteiger partial charge >= 0.3 is 0 Å². The molecule has 28 unspecified atom stereocenters. The highest BCUT2D eigenvalue weighted by molar-refractivity contribution is 9.52. The Kier molecular flexibility index (Phi) is 46.1. The van der Waals surface area contributed by atoms with Crippen LogP contribution in [0.2, 0.25) is 0 Å². The minimum absolute atomic E-state index is 0.0485. The molecule has 9 aromatic rings. The molecule has 1 aromatic heterocycles. The zero-order valence-corrected chi connectivity index (χ0v) is 109. The number of aromatic nitrogens is 1. The number of para-hydroxylation sites is 2. The highest BCUT2D eigenvalue weighted by atomic mass is 33.6. The predicted molar refractivity (Wildman–Crippen MR) is 655 cm³/mol. The van der Waals surface area contributed by atoms with Crippen molar-refractivity contribution in [3.05, 3.63) is 204 Å². The Morgan fingerprint density at radius 3 is 0.915 bits per heavy atom. The third-order valence-electron chi connectivity index (χ3n) is 17.1. The van der Waals surface area contributed by atoms with Crippen LogP contribution in [0.1, 0.15) is 49.9 Å². The van der Waals surface area contributed by atoms with Crippen LogP contribution in [0.15, 0.2) is 182 Å². The molecule has 0 saturated heterocycles. The summed E-state index contributed by atoms with van der Waals surface area (Å²) in [5.74, 6) is 0. The summed E-state index contributed by atoms with van der Waals surface area (Å²) >= 11 is 0. The summed E-state index contributed by atoms with van der Waals surface area (Å²) in [7, 11) is 90.4. The molecule has 0 radical (unpaired) electrons. The number of fused-ring (bicyclic) bond motifs is 9. The number of nitrogens with zero attached hydrogens (tertiary/aromatic N) is 2. The normalized spacial score (nSPS) is 14.9. The highest BCUT2D eigenvalue weighted by Crippen LogP contribution is 3.46. The van der Waals surface area contributed by atoms with Crippen molar-refractivity contribution in [2.24, 2.45) is 0 Å². The third kappa shape index (κ3) is 24.3. The van der Waals surface area contributed by atoms with Crippen LogP contribution in [0, 0.1) is 0 Å². The zero-order chi connectivity index (χ0) is 77.6. The maximum Gasteiger partial charge on any atom is 0.0547 e. The zero-order valence-electron chi connectivity index (χ0n) is 58.0. The van der Waals surface area contributed by atoms with Gasteiger partial charge in [-0.1, -0.05) is 149 Å². The molecule has 11 rings (SSSR count). The lowest BCUT2D eigenvalue weighted by atomic mass is 9.82. The highest BCUT2D eigenvalue weighted by Gasteiger charge is 2.59. The summed E-state index contributed by atoms with van der Waals surface area (Å²) in [6.45, 7) is 5.44. The average molecular weight is 2320 g/mol. The lowest BCUT2D eigenvalue weighted by molar-refractivity contribution is 0.660. The predicted octanol–water partition coefficient (Wildman–Crippen LogP) is 43.7. The van der Waals surface area contributed by atoms with Gasteiger partial charge in [0.05, 0.1) is 11.0 Å². The molecule has 0 bridgehead atoms. The molecular formula is C54H94N2P50. The minimum Gasteiger partial charge on any atom is -0.310 e. The van der Waals surface area contributed by atoms with Crippen LogP contribution in [-0.2, 0) is 10.8 Å². The molecule has 0 aliphatic heterocycles. The SMILES string of the molecule is CC1(C)c2ccccc2-c2cc(N(c3ccc(-c4ccc5c6ccccc6n(-c6ccccc6)c5c4)cc3)c3ccc4c(c3)-c3ccccc3C4(C)C)ccc21.PP(P)P(P(P)P)P(P(P)P)P(P(P(P)P)P(P)P)P(P(P(P(P)P)P(P)P)P(P(P)P)P(P)P)P(P(P(P)P)P(P)P)P(P(P)P)P(P)P. The third-order valence-corrected chi connectivity index (χ3v) is 360. The molecule has 0 N–H and O–H groups in total. The van der Waals surface area contributed by atoms with Crippen molar-refractivity contribution in [1.82, 2.24) is 4.57 Å². The van der Waals surface area contributed by atoms with E-state index in [1.54, 1.807) is 0 Å².